The van der Waals surface area contributed by atoms with Crippen LogP contribution in [-0.2, 0) is 22.4 Å². The van der Waals surface area contributed by atoms with Crippen LogP contribution >= 0.6 is 0 Å². The number of hydrogen-bond acceptors (Lipinski definition) is 4. The minimum Gasteiger partial charge on any atom is -0.350 e. The van der Waals surface area contributed by atoms with Crippen molar-refractivity contribution in [3.8, 4) is 0 Å². The van der Waals surface area contributed by atoms with Gasteiger partial charge in [-0.15, -0.1) is 0 Å². The van der Waals surface area contributed by atoms with E-state index >= 15 is 0 Å². The van der Waals surface area contributed by atoms with Crippen LogP contribution in [-0.4, -0.2) is 38.3 Å². The zero-order chi connectivity index (χ0) is 21.4. The van der Waals surface area contributed by atoms with Crippen LogP contribution in [0, 0.1) is 0 Å². The van der Waals surface area contributed by atoms with E-state index in [9.17, 15) is 31.1 Å². The second-order valence-electron chi connectivity index (χ2n) is 6.70. The fourth-order valence-electron chi connectivity index (χ4n) is 2.65. The smallest absolute Gasteiger partial charge is 0.350 e. The van der Waals surface area contributed by atoms with Crippen molar-refractivity contribution < 1.29 is 35.9 Å². The fraction of sp³-hybridized carbons (Fsp3) is 0.562. The molecule has 29 heavy (non-hydrogen) atoms. The Morgan fingerprint density at radius 3 is 2.59 bits per heavy atom. The summed E-state index contributed by atoms with van der Waals surface area (Å²) in [5.74, 6) is -0.707. The van der Waals surface area contributed by atoms with E-state index in [0.29, 0.717) is 5.69 Å². The summed E-state index contributed by atoms with van der Waals surface area (Å²) in [5, 5.41) is 9.77. The molecular weight excluding hydrogens is 408 g/mol. The summed E-state index contributed by atoms with van der Waals surface area (Å²) in [4.78, 5) is 12.5. The number of ether oxygens (including phenoxy) is 1. The van der Waals surface area contributed by atoms with Gasteiger partial charge in [0, 0.05) is 11.6 Å². The summed E-state index contributed by atoms with van der Waals surface area (Å²) >= 11 is 0. The molecule has 0 saturated heterocycles. The Hall–Kier alpha value is -2.57. The monoisotopic (exact) mass is 425 g/mol. The van der Waals surface area contributed by atoms with Gasteiger partial charge < -0.3 is 10.1 Å². The lowest BCUT2D eigenvalue weighted by atomic mass is 10.2. The summed E-state index contributed by atoms with van der Waals surface area (Å²) in [6.45, 7) is -0.521. The van der Waals surface area contributed by atoms with Crippen molar-refractivity contribution in [3.63, 3.8) is 0 Å². The molecule has 1 aliphatic carbocycles. The van der Waals surface area contributed by atoms with Gasteiger partial charge in [0.05, 0.1) is 18.1 Å². The number of rotatable bonds is 7. The number of halogens is 6. The van der Waals surface area contributed by atoms with Crippen LogP contribution in [0.2, 0.25) is 0 Å². The van der Waals surface area contributed by atoms with Crippen LogP contribution in [0.5, 0.6) is 0 Å². The Balaban J connectivity index is 1.65. The summed E-state index contributed by atoms with van der Waals surface area (Å²) in [5.41, 5.74) is -0.557. The zero-order valence-electron chi connectivity index (χ0n) is 15.1. The van der Waals surface area contributed by atoms with E-state index in [2.05, 4.69) is 20.3 Å². The maximum Gasteiger partial charge on any atom is 0.435 e. The van der Waals surface area contributed by atoms with Gasteiger partial charge >= 0.3 is 12.4 Å². The van der Waals surface area contributed by atoms with Crippen LogP contribution in [0.3, 0.4) is 0 Å². The predicted molar refractivity (Wildman–Crippen MR) is 86.8 cm³/mol. The number of carbonyl (C=O) groups excluding carboxylic acids is 1. The number of nitrogens with zero attached hydrogens (tertiary/aromatic N) is 4. The third-order valence-electron chi connectivity index (χ3n) is 4.19. The summed E-state index contributed by atoms with van der Waals surface area (Å²) in [6.07, 6.45) is -5.22. The lowest BCUT2D eigenvalue weighted by Gasteiger charge is -2.15. The average Bonchev–Trinajstić information content (AvgIpc) is 3.17. The third kappa shape index (κ3) is 5.49. The number of anilines is 1. The van der Waals surface area contributed by atoms with Crippen molar-refractivity contribution in [2.75, 3.05) is 11.9 Å². The number of alkyl halides is 6. The van der Waals surface area contributed by atoms with Crippen LogP contribution in [0.15, 0.2) is 18.5 Å². The molecule has 1 atom stereocenters. The van der Waals surface area contributed by atoms with Gasteiger partial charge in [-0.1, -0.05) is 0 Å². The number of nitrogens with one attached hydrogen (secondary N) is 1. The van der Waals surface area contributed by atoms with Gasteiger partial charge in [-0.25, -0.2) is 4.68 Å². The van der Waals surface area contributed by atoms with Gasteiger partial charge in [-0.3, -0.25) is 9.48 Å². The standard InChI is InChI=1S/C16H17F6N5O2/c1-9(27-12(10-2-3-10)4-13(25-27)16(20,21)22)14(28)24-11-5-23-26(6-11)8-29-7-15(17,18)19/h4-6,9-10H,2-3,7-8H2,1H3,(H,24,28). The van der Waals surface area contributed by atoms with Gasteiger partial charge in [0.15, 0.2) is 5.69 Å². The van der Waals surface area contributed by atoms with E-state index in [-0.39, 0.29) is 11.6 Å². The molecule has 3 rings (SSSR count). The van der Waals surface area contributed by atoms with Crippen molar-refractivity contribution in [3.05, 3.63) is 29.8 Å². The molecule has 1 fully saturated rings. The molecule has 0 spiro atoms. The Kier molecular flexibility index (Phi) is 5.61. The predicted octanol–water partition coefficient (Wildman–Crippen LogP) is 3.71. The normalized spacial score (nSPS) is 16.1. The molecule has 2 heterocycles. The Morgan fingerprint density at radius 2 is 2.00 bits per heavy atom. The van der Waals surface area contributed by atoms with Crippen molar-refractivity contribution in [1.82, 2.24) is 19.6 Å². The maximum atomic E-state index is 13.0. The first-order valence-electron chi connectivity index (χ1n) is 8.58. The quantitative estimate of drug-likeness (QED) is 0.687. The first-order valence-corrected chi connectivity index (χ1v) is 8.58. The van der Waals surface area contributed by atoms with E-state index in [1.807, 2.05) is 0 Å². The molecule has 1 N–H and O–H groups in total. The molecule has 1 amide bonds. The fourth-order valence-corrected chi connectivity index (χ4v) is 2.65. The average molecular weight is 425 g/mol. The van der Waals surface area contributed by atoms with E-state index in [1.54, 1.807) is 0 Å². The van der Waals surface area contributed by atoms with Gasteiger partial charge in [-0.2, -0.15) is 36.5 Å². The minimum atomic E-state index is -4.62. The van der Waals surface area contributed by atoms with E-state index < -0.39 is 43.3 Å². The molecule has 0 aromatic carbocycles. The second-order valence-corrected chi connectivity index (χ2v) is 6.70. The van der Waals surface area contributed by atoms with Gasteiger partial charge in [0.25, 0.3) is 0 Å². The number of aromatic nitrogens is 4. The minimum absolute atomic E-state index is 0.0672. The molecule has 1 aliphatic rings. The lowest BCUT2D eigenvalue weighted by Crippen LogP contribution is -2.26. The summed E-state index contributed by atoms with van der Waals surface area (Å²) in [7, 11) is 0. The largest absolute Gasteiger partial charge is 0.435 e. The van der Waals surface area contributed by atoms with E-state index in [0.717, 1.165) is 28.3 Å². The van der Waals surface area contributed by atoms with Gasteiger partial charge in [0.1, 0.15) is 19.4 Å². The van der Waals surface area contributed by atoms with Crippen molar-refractivity contribution in [2.45, 2.75) is 50.8 Å². The molecule has 13 heteroatoms. The van der Waals surface area contributed by atoms with Crippen LogP contribution < -0.4 is 5.32 Å². The van der Waals surface area contributed by atoms with Crippen LogP contribution in [0.25, 0.3) is 0 Å². The van der Waals surface area contributed by atoms with Crippen molar-refractivity contribution >= 4 is 11.6 Å². The molecule has 0 radical (unpaired) electrons. The molecule has 2 aromatic rings. The van der Waals surface area contributed by atoms with E-state index in [4.69, 9.17) is 0 Å². The lowest BCUT2D eigenvalue weighted by molar-refractivity contribution is -0.182. The highest BCUT2D eigenvalue weighted by Gasteiger charge is 2.39. The SMILES string of the molecule is CC(C(=O)Nc1cnn(COCC(F)(F)F)c1)n1nc(C(F)(F)F)cc1C1CC1. The highest BCUT2D eigenvalue weighted by molar-refractivity contribution is 5.93. The van der Waals surface area contributed by atoms with Gasteiger partial charge in [-0.05, 0) is 25.8 Å². The highest BCUT2D eigenvalue weighted by Crippen LogP contribution is 2.43. The molecule has 2 aromatic heterocycles. The van der Waals surface area contributed by atoms with Crippen molar-refractivity contribution in [1.29, 1.82) is 0 Å². The Bertz CT molecular complexity index is 868. The third-order valence-corrected chi connectivity index (χ3v) is 4.19. The zero-order valence-corrected chi connectivity index (χ0v) is 15.1. The number of carbonyl (C=O) groups is 1. The molecule has 1 unspecified atom stereocenters. The molecule has 0 aliphatic heterocycles. The molecule has 0 bridgehead atoms. The highest BCUT2D eigenvalue weighted by atomic mass is 19.4. The summed E-state index contributed by atoms with van der Waals surface area (Å²) < 4.78 is 81.7. The van der Waals surface area contributed by atoms with Gasteiger partial charge in [0.2, 0.25) is 5.91 Å². The summed E-state index contributed by atoms with van der Waals surface area (Å²) in [6, 6.07) is -0.0798. The first-order chi connectivity index (χ1) is 13.4. The topological polar surface area (TPSA) is 74.0 Å². The van der Waals surface area contributed by atoms with Crippen LogP contribution in [0.1, 0.15) is 43.1 Å². The molecule has 160 valence electrons. The molecule has 1 saturated carbocycles. The first kappa shape index (κ1) is 21.1. The van der Waals surface area contributed by atoms with Crippen molar-refractivity contribution in [2.24, 2.45) is 0 Å². The molecular formula is C16H17F6N5O2. The van der Waals surface area contributed by atoms with Crippen LogP contribution in [0.4, 0.5) is 32.0 Å². The number of hydrogen-bond donors (Lipinski definition) is 1. The Labute approximate surface area is 160 Å². The van der Waals surface area contributed by atoms with E-state index in [1.165, 1.54) is 19.3 Å². The maximum absolute atomic E-state index is 13.0. The Morgan fingerprint density at radius 1 is 1.31 bits per heavy atom. The second kappa shape index (κ2) is 7.69. The molecule has 7 nitrogen and oxygen atoms in total. The number of amides is 1.